The van der Waals surface area contributed by atoms with Gasteiger partial charge in [0.1, 0.15) is 0 Å². The number of benzene rings is 2. The van der Waals surface area contributed by atoms with Crippen molar-refractivity contribution in [1.82, 2.24) is 24.5 Å². The number of hydrogen-bond donors (Lipinski definition) is 1. The first-order valence-electron chi connectivity index (χ1n) is 9.67. The van der Waals surface area contributed by atoms with Crippen LogP contribution in [0.4, 0.5) is 0 Å². The number of H-pyrrole nitrogens is 1. The van der Waals surface area contributed by atoms with E-state index in [4.69, 9.17) is 11.6 Å². The summed E-state index contributed by atoms with van der Waals surface area (Å²) in [6.45, 7) is 3.79. The molecule has 154 valence electrons. The first-order valence-corrected chi connectivity index (χ1v) is 10.9. The molecule has 0 spiro atoms. The Morgan fingerprint density at radius 1 is 1.03 bits per heavy atom. The van der Waals surface area contributed by atoms with Gasteiger partial charge in [-0.3, -0.25) is 9.89 Å². The standard InChI is InChI=1S/C23H18ClN5OS/c1-14-12-20(28(26-14)18-10-8-17(24)9-11-18)21-15(2)27-29(22(21)30)23-25-19(13-31-23)16-6-4-3-5-7-16/h3-13,27H,1-2H3. The van der Waals surface area contributed by atoms with Crippen molar-refractivity contribution in [3.63, 3.8) is 0 Å². The fourth-order valence-electron chi connectivity index (χ4n) is 3.55. The average Bonchev–Trinajstić information content (AvgIpc) is 3.47. The molecule has 5 rings (SSSR count). The molecule has 0 aliphatic carbocycles. The van der Waals surface area contributed by atoms with Gasteiger partial charge in [-0.2, -0.15) is 9.78 Å². The Morgan fingerprint density at radius 3 is 2.52 bits per heavy atom. The predicted molar refractivity (Wildman–Crippen MR) is 125 cm³/mol. The Hall–Kier alpha value is -3.42. The molecule has 31 heavy (non-hydrogen) atoms. The maximum Gasteiger partial charge on any atom is 0.283 e. The molecule has 0 aliphatic rings. The fourth-order valence-corrected chi connectivity index (χ4v) is 4.46. The topological polar surface area (TPSA) is 68.5 Å². The molecular formula is C23H18ClN5OS. The Bertz CT molecular complexity index is 1430. The largest absolute Gasteiger partial charge is 0.293 e. The van der Waals surface area contributed by atoms with Gasteiger partial charge in [0.25, 0.3) is 5.56 Å². The molecule has 0 amide bonds. The molecule has 5 aromatic rings. The van der Waals surface area contributed by atoms with Crippen molar-refractivity contribution >= 4 is 22.9 Å². The van der Waals surface area contributed by atoms with Crippen LogP contribution in [0.3, 0.4) is 0 Å². The second-order valence-electron chi connectivity index (χ2n) is 7.19. The first-order chi connectivity index (χ1) is 15.0. The molecule has 8 heteroatoms. The molecule has 0 saturated carbocycles. The first kappa shape index (κ1) is 19.5. The summed E-state index contributed by atoms with van der Waals surface area (Å²) in [6.07, 6.45) is 0. The van der Waals surface area contributed by atoms with Crippen molar-refractivity contribution in [3.8, 4) is 33.3 Å². The van der Waals surface area contributed by atoms with Crippen molar-refractivity contribution < 1.29 is 0 Å². The molecule has 0 bridgehead atoms. The molecule has 0 radical (unpaired) electrons. The lowest BCUT2D eigenvalue weighted by Crippen LogP contribution is -2.16. The summed E-state index contributed by atoms with van der Waals surface area (Å²) < 4.78 is 3.27. The van der Waals surface area contributed by atoms with E-state index in [-0.39, 0.29) is 5.56 Å². The minimum absolute atomic E-state index is 0.165. The Balaban J connectivity index is 1.61. The molecule has 0 aliphatic heterocycles. The van der Waals surface area contributed by atoms with Crippen molar-refractivity contribution in [2.75, 3.05) is 0 Å². The molecule has 0 saturated heterocycles. The van der Waals surface area contributed by atoms with E-state index in [1.54, 1.807) is 16.8 Å². The highest BCUT2D eigenvalue weighted by Crippen LogP contribution is 2.27. The number of thiazole rings is 1. The van der Waals surface area contributed by atoms with Crippen LogP contribution in [0.15, 0.2) is 70.8 Å². The van der Waals surface area contributed by atoms with Crippen molar-refractivity contribution in [1.29, 1.82) is 0 Å². The van der Waals surface area contributed by atoms with Gasteiger partial charge in [0, 0.05) is 21.7 Å². The lowest BCUT2D eigenvalue weighted by molar-refractivity contribution is 0.827. The second kappa shape index (κ2) is 7.68. The smallest absolute Gasteiger partial charge is 0.283 e. The predicted octanol–water partition coefficient (Wildman–Crippen LogP) is 5.41. The van der Waals surface area contributed by atoms with Crippen LogP contribution in [0.1, 0.15) is 11.4 Å². The number of nitrogens with zero attached hydrogens (tertiary/aromatic N) is 4. The number of aromatic amines is 1. The Morgan fingerprint density at radius 2 is 1.77 bits per heavy atom. The van der Waals surface area contributed by atoms with E-state index in [1.807, 2.05) is 67.8 Å². The molecular weight excluding hydrogens is 430 g/mol. The third-order valence-electron chi connectivity index (χ3n) is 4.98. The molecule has 6 nitrogen and oxygen atoms in total. The molecule has 0 atom stereocenters. The van der Waals surface area contributed by atoms with Crippen LogP contribution in [0.2, 0.25) is 5.02 Å². The number of aryl methyl sites for hydroxylation is 2. The number of hydrogen-bond acceptors (Lipinski definition) is 4. The van der Waals surface area contributed by atoms with Gasteiger partial charge in [0.05, 0.1) is 28.3 Å². The number of halogens is 1. The zero-order valence-electron chi connectivity index (χ0n) is 16.8. The molecule has 2 aromatic carbocycles. The van der Waals surface area contributed by atoms with E-state index in [9.17, 15) is 4.79 Å². The summed E-state index contributed by atoms with van der Waals surface area (Å²) >= 11 is 7.45. The number of rotatable bonds is 4. The van der Waals surface area contributed by atoms with Crippen molar-refractivity contribution in [2.24, 2.45) is 0 Å². The lowest BCUT2D eigenvalue weighted by atomic mass is 10.1. The Kier molecular flexibility index (Phi) is 4.84. The van der Waals surface area contributed by atoms with Crippen LogP contribution in [0, 0.1) is 13.8 Å². The highest BCUT2D eigenvalue weighted by atomic mass is 35.5. The monoisotopic (exact) mass is 447 g/mol. The molecule has 0 fully saturated rings. The maximum absolute atomic E-state index is 13.4. The summed E-state index contributed by atoms with van der Waals surface area (Å²) in [7, 11) is 0. The molecule has 3 heterocycles. The summed E-state index contributed by atoms with van der Waals surface area (Å²) in [4.78, 5) is 18.1. The van der Waals surface area contributed by atoms with E-state index in [0.717, 1.165) is 34.0 Å². The average molecular weight is 448 g/mol. The van der Waals surface area contributed by atoms with Crippen LogP contribution in [0.25, 0.3) is 33.3 Å². The zero-order valence-corrected chi connectivity index (χ0v) is 18.4. The summed E-state index contributed by atoms with van der Waals surface area (Å²) in [5.41, 5.74) is 5.36. The third-order valence-corrected chi connectivity index (χ3v) is 6.06. The fraction of sp³-hybridized carbons (Fsp3) is 0.0870. The van der Waals surface area contributed by atoms with Crippen molar-refractivity contribution in [3.05, 3.63) is 92.8 Å². The molecule has 1 N–H and O–H groups in total. The van der Waals surface area contributed by atoms with Gasteiger partial charge in [-0.1, -0.05) is 41.9 Å². The van der Waals surface area contributed by atoms with Crippen LogP contribution < -0.4 is 5.56 Å². The summed E-state index contributed by atoms with van der Waals surface area (Å²) in [5.74, 6) is 0. The van der Waals surface area contributed by atoms with Gasteiger partial charge < -0.3 is 0 Å². The van der Waals surface area contributed by atoms with Crippen LogP contribution in [-0.4, -0.2) is 24.5 Å². The number of nitrogens with one attached hydrogen (secondary N) is 1. The second-order valence-corrected chi connectivity index (χ2v) is 8.47. The van der Waals surface area contributed by atoms with Crippen molar-refractivity contribution in [2.45, 2.75) is 13.8 Å². The summed E-state index contributed by atoms with van der Waals surface area (Å²) in [5, 5.41) is 11.0. The zero-order chi connectivity index (χ0) is 21.5. The summed E-state index contributed by atoms with van der Waals surface area (Å²) in [6, 6.07) is 19.2. The third kappa shape index (κ3) is 3.52. The Labute approximate surface area is 187 Å². The van der Waals surface area contributed by atoms with Crippen LogP contribution >= 0.6 is 22.9 Å². The van der Waals surface area contributed by atoms with Gasteiger partial charge in [-0.15, -0.1) is 11.3 Å². The van der Waals surface area contributed by atoms with Gasteiger partial charge in [0.2, 0.25) is 5.13 Å². The van der Waals surface area contributed by atoms with Gasteiger partial charge in [-0.05, 0) is 44.2 Å². The normalized spacial score (nSPS) is 11.2. The van der Waals surface area contributed by atoms with E-state index in [2.05, 4.69) is 15.2 Å². The van der Waals surface area contributed by atoms with E-state index in [1.165, 1.54) is 16.0 Å². The van der Waals surface area contributed by atoms with E-state index < -0.39 is 0 Å². The molecule has 0 unspecified atom stereocenters. The minimum atomic E-state index is -0.165. The maximum atomic E-state index is 13.4. The highest BCUT2D eigenvalue weighted by Gasteiger charge is 2.21. The van der Waals surface area contributed by atoms with E-state index in [0.29, 0.717) is 15.7 Å². The van der Waals surface area contributed by atoms with Crippen LogP contribution in [-0.2, 0) is 0 Å². The highest BCUT2D eigenvalue weighted by molar-refractivity contribution is 7.12. The van der Waals surface area contributed by atoms with Crippen LogP contribution in [0.5, 0.6) is 0 Å². The minimum Gasteiger partial charge on any atom is -0.293 e. The molecule has 3 aromatic heterocycles. The SMILES string of the molecule is Cc1cc(-c2c(C)[nH]n(-c3nc(-c4ccccc4)cs3)c2=O)n(-c2ccc(Cl)cc2)n1. The van der Waals surface area contributed by atoms with Gasteiger partial charge in [-0.25, -0.2) is 9.67 Å². The van der Waals surface area contributed by atoms with E-state index >= 15 is 0 Å². The van der Waals surface area contributed by atoms with Gasteiger partial charge >= 0.3 is 0 Å². The van der Waals surface area contributed by atoms with Gasteiger partial charge in [0.15, 0.2) is 0 Å². The number of aromatic nitrogens is 5. The lowest BCUT2D eigenvalue weighted by Gasteiger charge is -2.06. The quantitative estimate of drug-likeness (QED) is 0.400.